The molecule has 2 amide bonds. The number of amides is 2. The maximum absolute atomic E-state index is 13.2. The quantitative estimate of drug-likeness (QED) is 0.607. The number of nitrogens with one attached hydrogen (secondary N) is 2. The predicted molar refractivity (Wildman–Crippen MR) is 103 cm³/mol. The molecule has 0 atom stereocenters. The minimum Gasteiger partial charge on any atom is -0.350 e. The Bertz CT molecular complexity index is 948. The summed E-state index contributed by atoms with van der Waals surface area (Å²) in [7, 11) is 0. The molecule has 2 N–H and O–H groups in total. The summed E-state index contributed by atoms with van der Waals surface area (Å²) in [6.45, 7) is 0.392. The number of anilines is 1. The van der Waals surface area contributed by atoms with E-state index in [4.69, 9.17) is 0 Å². The topological polar surface area (TPSA) is 96.9 Å². The third-order valence-electron chi connectivity index (χ3n) is 3.73. The van der Waals surface area contributed by atoms with Crippen molar-refractivity contribution in [1.29, 1.82) is 0 Å². The van der Waals surface area contributed by atoms with E-state index in [9.17, 15) is 14.0 Å². The van der Waals surface area contributed by atoms with Crippen LogP contribution in [0.15, 0.2) is 48.7 Å². The van der Waals surface area contributed by atoms with E-state index in [2.05, 4.69) is 25.8 Å². The minimum absolute atomic E-state index is 0.0701. The summed E-state index contributed by atoms with van der Waals surface area (Å²) in [6.07, 6.45) is 3.16. The minimum atomic E-state index is -0.442. The lowest BCUT2D eigenvalue weighted by molar-refractivity contribution is -0.121. The number of aryl methyl sites for hydroxylation is 1. The lowest BCUT2D eigenvalue weighted by atomic mass is 10.2. The number of nitrogens with zero attached hydrogens (tertiary/aromatic N) is 3. The SMILES string of the molecule is O=C(CCCc1nnc(C(=O)Nc2cccc(F)c2)s1)NCc1ccccn1. The molecule has 0 unspecified atom stereocenters. The summed E-state index contributed by atoms with van der Waals surface area (Å²) in [5, 5.41) is 14.1. The molecule has 0 aliphatic heterocycles. The van der Waals surface area contributed by atoms with Crippen molar-refractivity contribution in [2.45, 2.75) is 25.8 Å². The maximum Gasteiger partial charge on any atom is 0.286 e. The number of benzene rings is 1. The number of carbonyl (C=O) groups excluding carboxylic acids is 2. The normalized spacial score (nSPS) is 10.5. The maximum atomic E-state index is 13.2. The van der Waals surface area contributed by atoms with Crippen LogP contribution < -0.4 is 10.6 Å². The highest BCUT2D eigenvalue weighted by molar-refractivity contribution is 7.13. The molecular weight excluding hydrogens is 381 g/mol. The molecule has 0 fully saturated rings. The van der Waals surface area contributed by atoms with Gasteiger partial charge in [-0.2, -0.15) is 0 Å². The van der Waals surface area contributed by atoms with Crippen LogP contribution >= 0.6 is 11.3 Å². The second-order valence-electron chi connectivity index (χ2n) is 5.92. The molecule has 9 heteroatoms. The first-order valence-electron chi connectivity index (χ1n) is 8.66. The Hall–Kier alpha value is -3.20. The molecule has 0 saturated carbocycles. The highest BCUT2D eigenvalue weighted by Gasteiger charge is 2.13. The molecule has 0 bridgehead atoms. The summed E-state index contributed by atoms with van der Waals surface area (Å²) in [5.74, 6) is -0.946. The second kappa shape index (κ2) is 9.65. The first kappa shape index (κ1) is 19.6. The summed E-state index contributed by atoms with van der Waals surface area (Å²) in [5.41, 5.74) is 1.15. The molecule has 3 aromatic rings. The van der Waals surface area contributed by atoms with E-state index in [0.717, 1.165) is 17.0 Å². The Morgan fingerprint density at radius 2 is 2.00 bits per heavy atom. The number of rotatable bonds is 8. The standard InChI is InChI=1S/C19H18FN5O2S/c20-13-5-3-7-14(11-13)23-18(27)19-25-24-17(28-19)9-4-8-16(26)22-12-15-6-1-2-10-21-15/h1-3,5-7,10-11H,4,8-9,12H2,(H,22,26)(H,23,27). The molecule has 2 aromatic heterocycles. The molecular formula is C19H18FN5O2S. The highest BCUT2D eigenvalue weighted by Crippen LogP contribution is 2.16. The van der Waals surface area contributed by atoms with Crippen molar-refractivity contribution >= 4 is 28.8 Å². The van der Waals surface area contributed by atoms with Gasteiger partial charge >= 0.3 is 0 Å². The molecule has 28 heavy (non-hydrogen) atoms. The lowest BCUT2D eigenvalue weighted by Gasteiger charge is -2.03. The Balaban J connectivity index is 1.41. The van der Waals surface area contributed by atoms with Crippen molar-refractivity contribution in [2.24, 2.45) is 0 Å². The lowest BCUT2D eigenvalue weighted by Crippen LogP contribution is -2.22. The van der Waals surface area contributed by atoms with Gasteiger partial charge < -0.3 is 10.6 Å². The third-order valence-corrected chi connectivity index (χ3v) is 4.71. The van der Waals surface area contributed by atoms with Gasteiger partial charge in [0, 0.05) is 24.7 Å². The van der Waals surface area contributed by atoms with Gasteiger partial charge in [0.15, 0.2) is 0 Å². The molecule has 3 rings (SSSR count). The average Bonchev–Trinajstić information content (AvgIpc) is 3.16. The van der Waals surface area contributed by atoms with Gasteiger partial charge in [0.25, 0.3) is 5.91 Å². The van der Waals surface area contributed by atoms with Crippen LogP contribution in [0.4, 0.5) is 10.1 Å². The van der Waals surface area contributed by atoms with E-state index in [1.165, 1.54) is 18.2 Å². The van der Waals surface area contributed by atoms with Gasteiger partial charge in [0.1, 0.15) is 10.8 Å². The fourth-order valence-corrected chi connectivity index (χ4v) is 3.15. The molecule has 0 spiro atoms. The van der Waals surface area contributed by atoms with Gasteiger partial charge in [-0.25, -0.2) is 4.39 Å². The van der Waals surface area contributed by atoms with Crippen molar-refractivity contribution in [3.05, 3.63) is 70.2 Å². The molecule has 2 heterocycles. The van der Waals surface area contributed by atoms with Crippen molar-refractivity contribution < 1.29 is 14.0 Å². The fourth-order valence-electron chi connectivity index (χ4n) is 2.38. The van der Waals surface area contributed by atoms with Crippen LogP contribution in [0.1, 0.15) is 33.3 Å². The van der Waals surface area contributed by atoms with Gasteiger partial charge in [-0.05, 0) is 36.8 Å². The molecule has 0 aliphatic carbocycles. The summed E-state index contributed by atoms with van der Waals surface area (Å²) in [4.78, 5) is 28.2. The van der Waals surface area contributed by atoms with Gasteiger partial charge in [0.05, 0.1) is 12.2 Å². The highest BCUT2D eigenvalue weighted by atomic mass is 32.1. The van der Waals surface area contributed by atoms with Gasteiger partial charge in [0.2, 0.25) is 10.9 Å². The average molecular weight is 399 g/mol. The fraction of sp³-hybridized carbons (Fsp3) is 0.211. The van der Waals surface area contributed by atoms with Gasteiger partial charge in [-0.3, -0.25) is 14.6 Å². The van der Waals surface area contributed by atoms with Crippen molar-refractivity contribution in [3.8, 4) is 0 Å². The number of aromatic nitrogens is 3. The predicted octanol–water partition coefficient (Wildman–Crippen LogP) is 2.96. The first-order valence-corrected chi connectivity index (χ1v) is 9.48. The van der Waals surface area contributed by atoms with Gasteiger partial charge in [-0.15, -0.1) is 10.2 Å². The summed E-state index contributed by atoms with van der Waals surface area (Å²) in [6, 6.07) is 11.2. The molecule has 0 saturated heterocycles. The van der Waals surface area contributed by atoms with Crippen LogP contribution in [-0.4, -0.2) is 27.0 Å². The van der Waals surface area contributed by atoms with Crippen LogP contribution in [0.25, 0.3) is 0 Å². The van der Waals surface area contributed by atoms with Gasteiger partial charge in [-0.1, -0.05) is 23.5 Å². The van der Waals surface area contributed by atoms with Crippen molar-refractivity contribution in [3.63, 3.8) is 0 Å². The monoisotopic (exact) mass is 399 g/mol. The van der Waals surface area contributed by atoms with Crippen molar-refractivity contribution in [2.75, 3.05) is 5.32 Å². The number of carbonyl (C=O) groups is 2. The number of halogens is 1. The zero-order chi connectivity index (χ0) is 19.8. The van der Waals surface area contributed by atoms with E-state index in [1.807, 2.05) is 18.2 Å². The molecule has 0 radical (unpaired) electrons. The second-order valence-corrected chi connectivity index (χ2v) is 6.98. The Morgan fingerprint density at radius 3 is 2.79 bits per heavy atom. The van der Waals surface area contributed by atoms with Crippen LogP contribution in [-0.2, 0) is 17.8 Å². The van der Waals surface area contributed by atoms with E-state index >= 15 is 0 Å². The first-order chi connectivity index (χ1) is 13.6. The summed E-state index contributed by atoms with van der Waals surface area (Å²) >= 11 is 1.16. The van der Waals surface area contributed by atoms with E-state index in [-0.39, 0.29) is 10.9 Å². The van der Waals surface area contributed by atoms with E-state index in [1.54, 1.807) is 12.3 Å². The van der Waals surface area contributed by atoms with Crippen LogP contribution in [0, 0.1) is 5.82 Å². The Labute approximate surface area is 165 Å². The zero-order valence-corrected chi connectivity index (χ0v) is 15.7. The zero-order valence-electron chi connectivity index (χ0n) is 14.9. The van der Waals surface area contributed by atoms with E-state index < -0.39 is 11.7 Å². The largest absolute Gasteiger partial charge is 0.350 e. The molecule has 1 aromatic carbocycles. The van der Waals surface area contributed by atoms with E-state index in [0.29, 0.717) is 36.5 Å². The Kier molecular flexibility index (Phi) is 6.74. The third kappa shape index (κ3) is 5.92. The smallest absolute Gasteiger partial charge is 0.286 e. The van der Waals surface area contributed by atoms with Crippen LogP contribution in [0.5, 0.6) is 0 Å². The van der Waals surface area contributed by atoms with Crippen LogP contribution in [0.2, 0.25) is 0 Å². The van der Waals surface area contributed by atoms with Crippen LogP contribution in [0.3, 0.4) is 0 Å². The molecule has 144 valence electrons. The van der Waals surface area contributed by atoms with Crippen molar-refractivity contribution in [1.82, 2.24) is 20.5 Å². The number of pyridine rings is 1. The number of hydrogen-bond donors (Lipinski definition) is 2. The Morgan fingerprint density at radius 1 is 1.11 bits per heavy atom. The molecule has 0 aliphatic rings. The molecule has 7 nitrogen and oxygen atoms in total. The summed E-state index contributed by atoms with van der Waals surface area (Å²) < 4.78 is 13.2. The number of hydrogen-bond acceptors (Lipinski definition) is 6.